The summed E-state index contributed by atoms with van der Waals surface area (Å²) in [5.41, 5.74) is 2.42. The van der Waals surface area contributed by atoms with E-state index in [2.05, 4.69) is 24.4 Å². The van der Waals surface area contributed by atoms with Crippen LogP contribution in [0.1, 0.15) is 30.5 Å². The lowest BCUT2D eigenvalue weighted by molar-refractivity contribution is 0.0495. The minimum atomic E-state index is -0.590. The van der Waals surface area contributed by atoms with Crippen LogP contribution in [0, 0.1) is 12.7 Å². The van der Waals surface area contributed by atoms with Crippen molar-refractivity contribution in [2.45, 2.75) is 32.0 Å². The number of aryl methyl sites for hydroxylation is 1. The van der Waals surface area contributed by atoms with E-state index >= 15 is 0 Å². The van der Waals surface area contributed by atoms with Gasteiger partial charge in [0.15, 0.2) is 10.8 Å². The van der Waals surface area contributed by atoms with Crippen LogP contribution in [-0.2, 0) is 0 Å². The molecule has 0 radical (unpaired) electrons. The van der Waals surface area contributed by atoms with Gasteiger partial charge in [-0.25, -0.2) is 4.39 Å². The van der Waals surface area contributed by atoms with E-state index in [0.717, 1.165) is 11.3 Å². The van der Waals surface area contributed by atoms with E-state index in [4.69, 9.17) is 17.0 Å². The fraction of sp³-hybridized carbons (Fsp3) is 0.278. The van der Waals surface area contributed by atoms with E-state index in [1.54, 1.807) is 6.07 Å². The normalized spacial score (nSPS) is 25.4. The number of thiocarbonyl (C=S) groups is 1. The molecule has 0 saturated carbocycles. The average molecular weight is 328 g/mol. The Hall–Kier alpha value is -2.14. The van der Waals surface area contributed by atoms with Crippen molar-refractivity contribution in [2.75, 3.05) is 4.90 Å². The van der Waals surface area contributed by atoms with E-state index in [0.29, 0.717) is 17.3 Å². The van der Waals surface area contributed by atoms with Gasteiger partial charge in [0, 0.05) is 17.7 Å². The van der Waals surface area contributed by atoms with Gasteiger partial charge < -0.3 is 10.1 Å². The summed E-state index contributed by atoms with van der Waals surface area (Å²) in [6.07, 6.45) is 0.692. The lowest BCUT2D eigenvalue weighted by Gasteiger charge is -2.52. The van der Waals surface area contributed by atoms with Crippen molar-refractivity contribution in [1.29, 1.82) is 0 Å². The van der Waals surface area contributed by atoms with Gasteiger partial charge in [0.1, 0.15) is 11.6 Å². The van der Waals surface area contributed by atoms with Crippen molar-refractivity contribution in [1.82, 2.24) is 5.32 Å². The van der Waals surface area contributed by atoms with Crippen molar-refractivity contribution in [2.24, 2.45) is 0 Å². The Morgan fingerprint density at radius 1 is 1.26 bits per heavy atom. The molecule has 1 saturated heterocycles. The van der Waals surface area contributed by atoms with Crippen molar-refractivity contribution < 1.29 is 9.13 Å². The summed E-state index contributed by atoms with van der Waals surface area (Å²) in [4.78, 5) is 2.00. The van der Waals surface area contributed by atoms with Crippen LogP contribution in [0.5, 0.6) is 5.75 Å². The molecule has 0 spiro atoms. The fourth-order valence-electron chi connectivity index (χ4n) is 3.43. The van der Waals surface area contributed by atoms with E-state index < -0.39 is 5.72 Å². The van der Waals surface area contributed by atoms with Crippen molar-refractivity contribution in [3.8, 4) is 5.75 Å². The number of benzene rings is 2. The second-order valence-electron chi connectivity index (χ2n) is 6.34. The summed E-state index contributed by atoms with van der Waals surface area (Å²) in [6.45, 7) is 4.08. The second-order valence-corrected chi connectivity index (χ2v) is 6.72. The van der Waals surface area contributed by atoms with Crippen LogP contribution in [-0.4, -0.2) is 10.8 Å². The van der Waals surface area contributed by atoms with E-state index in [1.165, 1.54) is 17.7 Å². The second kappa shape index (κ2) is 4.93. The molecular weight excluding hydrogens is 311 g/mol. The maximum absolute atomic E-state index is 13.6. The smallest absolute Gasteiger partial charge is 0.188 e. The monoisotopic (exact) mass is 328 g/mol. The maximum atomic E-state index is 13.6. The van der Waals surface area contributed by atoms with Gasteiger partial charge in [-0.2, -0.15) is 0 Å². The molecule has 3 nitrogen and oxygen atoms in total. The van der Waals surface area contributed by atoms with Crippen LogP contribution in [0.3, 0.4) is 0 Å². The minimum Gasteiger partial charge on any atom is -0.467 e. The van der Waals surface area contributed by atoms with E-state index in [9.17, 15) is 4.39 Å². The zero-order valence-electron chi connectivity index (χ0n) is 13.0. The van der Waals surface area contributed by atoms with Crippen LogP contribution in [0.25, 0.3) is 0 Å². The lowest BCUT2D eigenvalue weighted by Crippen LogP contribution is -2.65. The highest BCUT2D eigenvalue weighted by Gasteiger charge is 2.48. The highest BCUT2D eigenvalue weighted by Crippen LogP contribution is 2.45. The standard InChI is InChI=1S/C18H17FN2OS/c1-11-3-6-13(7-4-11)21-17(23)20-15-10-18(21,2)22-16-8-5-12(19)9-14(15)16/h3-9,15H,10H2,1-2H3,(H,20,23)/t15-,18+/m1/s1. The van der Waals surface area contributed by atoms with Gasteiger partial charge >= 0.3 is 0 Å². The number of nitrogens with one attached hydrogen (secondary N) is 1. The molecule has 0 aliphatic carbocycles. The van der Waals surface area contributed by atoms with E-state index in [-0.39, 0.29) is 11.9 Å². The molecular formula is C18H17FN2OS. The molecule has 2 aromatic rings. The molecule has 0 unspecified atom stereocenters. The van der Waals surface area contributed by atoms with Crippen molar-refractivity contribution in [3.05, 3.63) is 59.4 Å². The molecule has 2 aliphatic heterocycles. The number of hydrogen-bond donors (Lipinski definition) is 1. The van der Waals surface area contributed by atoms with E-state index in [1.807, 2.05) is 24.0 Å². The highest BCUT2D eigenvalue weighted by atomic mass is 32.1. The number of halogens is 1. The molecule has 23 heavy (non-hydrogen) atoms. The zero-order valence-corrected chi connectivity index (χ0v) is 13.8. The quantitative estimate of drug-likeness (QED) is 0.798. The number of ether oxygens (including phenoxy) is 1. The largest absolute Gasteiger partial charge is 0.467 e. The number of anilines is 1. The Balaban J connectivity index is 1.79. The topological polar surface area (TPSA) is 24.5 Å². The first-order valence-corrected chi connectivity index (χ1v) is 8.03. The van der Waals surface area contributed by atoms with Crippen LogP contribution in [0.15, 0.2) is 42.5 Å². The average Bonchev–Trinajstić information content (AvgIpc) is 2.49. The third-order valence-corrected chi connectivity index (χ3v) is 4.83. The van der Waals surface area contributed by atoms with Crippen LogP contribution < -0.4 is 15.0 Å². The van der Waals surface area contributed by atoms with Crippen LogP contribution >= 0.6 is 12.2 Å². The minimum absolute atomic E-state index is 0.0337. The van der Waals surface area contributed by atoms with Gasteiger partial charge in [0.2, 0.25) is 0 Å². The molecule has 0 amide bonds. The molecule has 2 bridgehead atoms. The maximum Gasteiger partial charge on any atom is 0.188 e. The molecule has 118 valence electrons. The Bertz CT molecular complexity index is 792. The third kappa shape index (κ3) is 2.27. The molecule has 1 N–H and O–H groups in total. The Morgan fingerprint density at radius 2 is 2.00 bits per heavy atom. The first-order chi connectivity index (χ1) is 11.0. The highest BCUT2D eigenvalue weighted by molar-refractivity contribution is 7.80. The number of rotatable bonds is 1. The summed E-state index contributed by atoms with van der Waals surface area (Å²) in [5, 5.41) is 3.93. The Labute approximate surface area is 140 Å². The first kappa shape index (κ1) is 14.5. The SMILES string of the molecule is Cc1ccc(N2C(=S)N[C@@H]3C[C@]2(C)Oc2ccc(F)cc23)cc1. The van der Waals surface area contributed by atoms with Gasteiger partial charge in [-0.3, -0.25) is 4.90 Å². The summed E-state index contributed by atoms with van der Waals surface area (Å²) in [5.74, 6) is 0.446. The lowest BCUT2D eigenvalue weighted by atomic mass is 9.90. The third-order valence-electron chi connectivity index (χ3n) is 4.53. The fourth-order valence-corrected chi connectivity index (χ4v) is 3.87. The van der Waals surface area contributed by atoms with Crippen molar-refractivity contribution in [3.63, 3.8) is 0 Å². The zero-order chi connectivity index (χ0) is 16.2. The molecule has 4 rings (SSSR count). The summed E-state index contributed by atoms with van der Waals surface area (Å²) in [7, 11) is 0. The van der Waals surface area contributed by atoms with Gasteiger partial charge in [-0.05, 0) is 56.4 Å². The predicted molar refractivity (Wildman–Crippen MR) is 92.2 cm³/mol. The Morgan fingerprint density at radius 3 is 2.74 bits per heavy atom. The molecule has 0 aromatic heterocycles. The van der Waals surface area contributed by atoms with Crippen molar-refractivity contribution >= 4 is 23.0 Å². The van der Waals surface area contributed by atoms with Gasteiger partial charge in [-0.1, -0.05) is 17.7 Å². The number of hydrogen-bond acceptors (Lipinski definition) is 2. The molecule has 1 fully saturated rings. The number of nitrogens with zero attached hydrogens (tertiary/aromatic N) is 1. The predicted octanol–water partition coefficient (Wildman–Crippen LogP) is 4.07. The molecule has 2 aliphatic rings. The molecule has 2 heterocycles. The van der Waals surface area contributed by atoms with Crippen LogP contribution in [0.2, 0.25) is 0 Å². The molecule has 5 heteroatoms. The summed E-state index contributed by atoms with van der Waals surface area (Å²) in [6, 6.07) is 12.8. The van der Waals surface area contributed by atoms with Gasteiger partial charge in [0.25, 0.3) is 0 Å². The van der Waals surface area contributed by atoms with Crippen LogP contribution in [0.4, 0.5) is 10.1 Å². The molecule has 2 atom stereocenters. The Kier molecular flexibility index (Phi) is 3.10. The number of fused-ring (bicyclic) bond motifs is 4. The summed E-state index contributed by atoms with van der Waals surface area (Å²) >= 11 is 5.57. The summed E-state index contributed by atoms with van der Waals surface area (Å²) < 4.78 is 19.8. The van der Waals surface area contributed by atoms with Gasteiger partial charge in [0.05, 0.1) is 6.04 Å². The molecule has 2 aromatic carbocycles. The van der Waals surface area contributed by atoms with Gasteiger partial charge in [-0.15, -0.1) is 0 Å². The first-order valence-electron chi connectivity index (χ1n) is 7.62.